The van der Waals surface area contributed by atoms with Crippen LogP contribution >= 0.6 is 0 Å². The van der Waals surface area contributed by atoms with Crippen molar-refractivity contribution in [2.24, 2.45) is 0 Å². The van der Waals surface area contributed by atoms with Crippen LogP contribution in [-0.4, -0.2) is 89.2 Å². The molecule has 6 atom stereocenters. The highest BCUT2D eigenvalue weighted by atomic mass is 16.7. The third-order valence-corrected chi connectivity index (χ3v) is 13.0. The number of ether oxygens (including phenoxy) is 5. The Morgan fingerprint density at radius 1 is 0.430 bits per heavy atom. The molecule has 1 aliphatic heterocycles. The quantitative estimate of drug-likeness (QED) is 0.0228. The van der Waals surface area contributed by atoms with E-state index in [1.165, 1.54) is 12.8 Å². The zero-order valence-corrected chi connectivity index (χ0v) is 49.1. The van der Waals surface area contributed by atoms with Gasteiger partial charge >= 0.3 is 23.9 Å². The van der Waals surface area contributed by atoms with E-state index in [9.17, 15) is 34.5 Å². The van der Waals surface area contributed by atoms with Crippen LogP contribution in [0, 0.1) is 0 Å². The third-order valence-electron chi connectivity index (χ3n) is 13.0. The Bertz CT molecular complexity index is 1840. The van der Waals surface area contributed by atoms with Crippen LogP contribution < -0.4 is 0 Å². The van der Waals surface area contributed by atoms with Crippen LogP contribution in [0.1, 0.15) is 226 Å². The van der Waals surface area contributed by atoms with Crippen LogP contribution in [0.3, 0.4) is 0 Å². The lowest BCUT2D eigenvalue weighted by molar-refractivity contribution is -0.301. The molecule has 0 bridgehead atoms. The molecular weight excluding hydrogens is 997 g/mol. The first-order chi connectivity index (χ1) is 38.6. The lowest BCUT2D eigenvalue weighted by Gasteiger charge is -2.40. The number of allylic oxidation sites excluding steroid dienone is 20. The maximum Gasteiger partial charge on any atom is 0.335 e. The molecule has 0 radical (unpaired) electrons. The Balaban J connectivity index is 2.69. The molecule has 0 aromatic heterocycles. The maximum atomic E-state index is 13.1. The van der Waals surface area contributed by atoms with E-state index in [1.807, 2.05) is 0 Å². The highest BCUT2D eigenvalue weighted by Crippen LogP contribution is 2.26. The van der Waals surface area contributed by atoms with Crippen molar-refractivity contribution in [1.29, 1.82) is 0 Å². The Labute approximate surface area is 478 Å². The molecule has 12 nitrogen and oxygen atoms in total. The smallest absolute Gasteiger partial charge is 0.335 e. The van der Waals surface area contributed by atoms with Gasteiger partial charge in [-0.15, -0.1) is 0 Å². The second-order valence-corrected chi connectivity index (χ2v) is 20.2. The normalized spacial score (nSPS) is 18.7. The molecule has 12 heteroatoms. The predicted molar refractivity (Wildman–Crippen MR) is 321 cm³/mol. The van der Waals surface area contributed by atoms with Gasteiger partial charge in [-0.25, -0.2) is 4.79 Å². The molecule has 1 saturated heterocycles. The number of carboxylic acid groups (broad SMARTS) is 1. The second-order valence-electron chi connectivity index (χ2n) is 20.2. The number of carbonyl (C=O) groups is 4. The van der Waals surface area contributed by atoms with Crippen LogP contribution in [0.5, 0.6) is 0 Å². The summed E-state index contributed by atoms with van der Waals surface area (Å²) < 4.78 is 28.4. The molecule has 446 valence electrons. The Morgan fingerprint density at radius 2 is 0.797 bits per heavy atom. The van der Waals surface area contributed by atoms with Gasteiger partial charge in [-0.3, -0.25) is 14.4 Å². The van der Waals surface area contributed by atoms with Crippen molar-refractivity contribution in [3.63, 3.8) is 0 Å². The SMILES string of the molecule is CC/C=C\C/C=C\C/C=C\C/C=C\C/C=C\CCCCCC(=O)OCC(COC1OC(C(=O)O)C(O)C(O)C1OC(=O)CCCCCCCC/C=C\C/C=C\C/C=C\C/C=C\CC)OC(=O)CCCCCCC/C=C\CCCC. The molecule has 0 amide bonds. The number of aliphatic hydroxyl groups excluding tert-OH is 2. The Hall–Kier alpha value is -4.88. The van der Waals surface area contributed by atoms with E-state index >= 15 is 0 Å². The molecule has 0 aromatic rings. The van der Waals surface area contributed by atoms with Gasteiger partial charge in [0.1, 0.15) is 18.8 Å². The molecule has 0 aromatic carbocycles. The number of esters is 3. The number of aliphatic hydroxyl groups is 2. The molecule has 0 saturated carbocycles. The summed E-state index contributed by atoms with van der Waals surface area (Å²) in [7, 11) is 0. The summed E-state index contributed by atoms with van der Waals surface area (Å²) in [4.78, 5) is 51.2. The molecular formula is C67H106O12. The van der Waals surface area contributed by atoms with Gasteiger partial charge in [0.15, 0.2) is 24.6 Å². The maximum absolute atomic E-state index is 13.1. The van der Waals surface area contributed by atoms with Crippen molar-refractivity contribution in [3.05, 3.63) is 122 Å². The van der Waals surface area contributed by atoms with Crippen LogP contribution in [0.25, 0.3) is 0 Å². The van der Waals surface area contributed by atoms with Crippen molar-refractivity contribution in [2.75, 3.05) is 13.2 Å². The van der Waals surface area contributed by atoms with Gasteiger partial charge in [-0.05, 0) is 122 Å². The molecule has 0 aliphatic carbocycles. The monoisotopic (exact) mass is 1100 g/mol. The van der Waals surface area contributed by atoms with Crippen molar-refractivity contribution in [1.82, 2.24) is 0 Å². The van der Waals surface area contributed by atoms with E-state index < -0.39 is 67.3 Å². The number of hydrogen-bond donors (Lipinski definition) is 3. The number of carbonyl (C=O) groups excluding carboxylic acids is 3. The molecule has 79 heavy (non-hydrogen) atoms. The second kappa shape index (κ2) is 53.7. The Morgan fingerprint density at radius 3 is 1.24 bits per heavy atom. The first-order valence-electron chi connectivity index (χ1n) is 30.5. The zero-order chi connectivity index (χ0) is 57.5. The summed E-state index contributed by atoms with van der Waals surface area (Å²) in [5, 5.41) is 31.5. The van der Waals surface area contributed by atoms with E-state index in [-0.39, 0.29) is 25.9 Å². The minimum absolute atomic E-state index is 0.0337. The van der Waals surface area contributed by atoms with Crippen LogP contribution in [-0.2, 0) is 42.9 Å². The molecule has 1 aliphatic rings. The molecule has 1 rings (SSSR count). The predicted octanol–water partition coefficient (Wildman–Crippen LogP) is 16.0. The fourth-order valence-electron chi connectivity index (χ4n) is 8.37. The third kappa shape index (κ3) is 43.6. The number of unbranched alkanes of at least 4 members (excludes halogenated alkanes) is 16. The number of hydrogen-bond acceptors (Lipinski definition) is 11. The summed E-state index contributed by atoms with van der Waals surface area (Å²) in [6, 6.07) is 0. The summed E-state index contributed by atoms with van der Waals surface area (Å²) in [6.45, 7) is 5.68. The van der Waals surface area contributed by atoms with Crippen LogP contribution in [0.2, 0.25) is 0 Å². The van der Waals surface area contributed by atoms with E-state index in [4.69, 9.17) is 23.7 Å². The molecule has 6 unspecified atom stereocenters. The van der Waals surface area contributed by atoms with Crippen molar-refractivity contribution in [3.8, 4) is 0 Å². The van der Waals surface area contributed by atoms with E-state index in [0.717, 1.165) is 154 Å². The minimum Gasteiger partial charge on any atom is -0.479 e. The zero-order valence-electron chi connectivity index (χ0n) is 49.1. The largest absolute Gasteiger partial charge is 0.479 e. The van der Waals surface area contributed by atoms with Gasteiger partial charge in [-0.1, -0.05) is 206 Å². The molecule has 1 fully saturated rings. The minimum atomic E-state index is -1.92. The van der Waals surface area contributed by atoms with Gasteiger partial charge in [-0.2, -0.15) is 0 Å². The van der Waals surface area contributed by atoms with Gasteiger partial charge in [0.25, 0.3) is 0 Å². The van der Waals surface area contributed by atoms with Gasteiger partial charge in [0, 0.05) is 19.3 Å². The lowest BCUT2D eigenvalue weighted by atomic mass is 9.98. The van der Waals surface area contributed by atoms with E-state index in [0.29, 0.717) is 19.3 Å². The lowest BCUT2D eigenvalue weighted by Crippen LogP contribution is -2.61. The summed E-state index contributed by atoms with van der Waals surface area (Å²) in [5.41, 5.74) is 0. The number of carboxylic acids is 1. The molecule has 3 N–H and O–H groups in total. The van der Waals surface area contributed by atoms with Gasteiger partial charge in [0.05, 0.1) is 6.61 Å². The van der Waals surface area contributed by atoms with Crippen LogP contribution in [0.15, 0.2) is 122 Å². The van der Waals surface area contributed by atoms with Crippen molar-refractivity contribution >= 4 is 23.9 Å². The number of aliphatic carboxylic acids is 1. The van der Waals surface area contributed by atoms with E-state index in [2.05, 4.69) is 142 Å². The molecule has 1 heterocycles. The summed E-state index contributed by atoms with van der Waals surface area (Å²) >= 11 is 0. The highest BCUT2D eigenvalue weighted by molar-refractivity contribution is 5.74. The summed E-state index contributed by atoms with van der Waals surface area (Å²) in [6.07, 6.45) is 61.6. The van der Waals surface area contributed by atoms with E-state index in [1.54, 1.807) is 0 Å². The summed E-state index contributed by atoms with van der Waals surface area (Å²) in [5.74, 6) is -3.21. The molecule has 0 spiro atoms. The van der Waals surface area contributed by atoms with Crippen molar-refractivity contribution in [2.45, 2.75) is 263 Å². The number of rotatable bonds is 50. The fourth-order valence-corrected chi connectivity index (χ4v) is 8.37. The van der Waals surface area contributed by atoms with Crippen LogP contribution in [0.4, 0.5) is 0 Å². The topological polar surface area (TPSA) is 175 Å². The van der Waals surface area contributed by atoms with Gasteiger partial charge in [0.2, 0.25) is 0 Å². The fraction of sp³-hybridized carbons (Fsp3) is 0.642. The standard InChI is InChI=1S/C67H106O12/c1-4-7-10-13-16-19-22-24-26-28-30-32-34-36-39-41-44-47-50-53-59(68)75-56-58(77-60(69)54-51-48-45-42-38-21-18-15-12-9-6-3)57-76-67-65(63(72)62(71)64(79-67)66(73)74)78-61(70)55-52-49-46-43-40-37-35-33-31-29-27-25-23-20-17-14-11-8-5-2/h7-8,10-11,15-20,24-27,30-33,36,39,58,62-65,67,71-72H,4-6,9,12-14,21-23,28-29,34-35,37-38,40-57H2,1-3H3,(H,73,74)/b10-7-,11-8-,18-15-,19-16-,20-17-,26-24-,27-25-,32-30-,33-31-,39-36-. The first-order valence-corrected chi connectivity index (χ1v) is 30.5. The average Bonchev–Trinajstić information content (AvgIpc) is 3.48. The highest BCUT2D eigenvalue weighted by Gasteiger charge is 2.50. The van der Waals surface area contributed by atoms with Crippen molar-refractivity contribution < 1.29 is 58.2 Å². The van der Waals surface area contributed by atoms with Gasteiger partial charge < -0.3 is 39.0 Å². The Kier molecular flexibility index (Phi) is 49.1. The first kappa shape index (κ1) is 72.1. The average molecular weight is 1100 g/mol.